The molecule has 3 atom stereocenters. The van der Waals surface area contributed by atoms with E-state index in [0.29, 0.717) is 5.92 Å². The average molecular weight is 211 g/mol. The van der Waals surface area contributed by atoms with Crippen LogP contribution in [0.2, 0.25) is 0 Å². The van der Waals surface area contributed by atoms with Crippen LogP contribution in [-0.4, -0.2) is 35.2 Å². The van der Waals surface area contributed by atoms with Gasteiger partial charge in [-0.25, -0.2) is 0 Å². The Hall–Kier alpha value is -0.0800. The molecule has 0 aromatic heterocycles. The van der Waals surface area contributed by atoms with Crippen LogP contribution in [0.4, 0.5) is 0 Å². The Balaban J connectivity index is 1.90. The molecule has 2 rings (SSSR count). The lowest BCUT2D eigenvalue weighted by Crippen LogP contribution is -2.46. The molecule has 0 bridgehead atoms. The Kier molecular flexibility index (Phi) is 3.68. The summed E-state index contributed by atoms with van der Waals surface area (Å²) in [5.74, 6) is 1.34. The first-order chi connectivity index (χ1) is 7.18. The molecule has 0 spiro atoms. The van der Waals surface area contributed by atoms with Crippen molar-refractivity contribution in [1.29, 1.82) is 0 Å². The molecule has 15 heavy (non-hydrogen) atoms. The highest BCUT2D eigenvalue weighted by atomic mass is 16.3. The van der Waals surface area contributed by atoms with E-state index in [1.165, 1.54) is 38.6 Å². The highest BCUT2D eigenvalue weighted by Gasteiger charge is 2.35. The zero-order chi connectivity index (χ0) is 10.8. The molecule has 3 unspecified atom stereocenters. The van der Waals surface area contributed by atoms with E-state index in [4.69, 9.17) is 0 Å². The van der Waals surface area contributed by atoms with Gasteiger partial charge in [0, 0.05) is 12.6 Å². The summed E-state index contributed by atoms with van der Waals surface area (Å²) in [6.07, 6.45) is 6.84. The van der Waals surface area contributed by atoms with Crippen LogP contribution in [0.1, 0.15) is 46.0 Å². The third-order valence-electron chi connectivity index (χ3n) is 4.30. The molecule has 1 N–H and O–H groups in total. The molecule has 2 aliphatic rings. The number of aliphatic hydroxyl groups excluding tert-OH is 1. The first-order valence-electron chi connectivity index (χ1n) is 6.60. The van der Waals surface area contributed by atoms with Crippen molar-refractivity contribution in [1.82, 2.24) is 4.90 Å². The largest absolute Gasteiger partial charge is 0.392 e. The van der Waals surface area contributed by atoms with Gasteiger partial charge in [0.25, 0.3) is 0 Å². The number of fused-ring (bicyclic) bond motifs is 1. The standard InChI is InChI=1S/C13H25NO/c1-10(2)13(15)9-14-8-4-6-11-5-3-7-12(11)14/h10-13,15H,3-9H2,1-2H3. The van der Waals surface area contributed by atoms with Crippen molar-refractivity contribution in [2.24, 2.45) is 11.8 Å². The lowest BCUT2D eigenvalue weighted by Gasteiger charge is -2.39. The molecule has 0 radical (unpaired) electrons. The third kappa shape index (κ3) is 2.54. The summed E-state index contributed by atoms with van der Waals surface area (Å²) in [5.41, 5.74) is 0. The van der Waals surface area contributed by atoms with Gasteiger partial charge in [-0.15, -0.1) is 0 Å². The first-order valence-corrected chi connectivity index (χ1v) is 6.60. The van der Waals surface area contributed by atoms with Gasteiger partial charge in [-0.05, 0) is 44.1 Å². The number of rotatable bonds is 3. The van der Waals surface area contributed by atoms with Gasteiger partial charge in [0.05, 0.1) is 6.10 Å². The Morgan fingerprint density at radius 2 is 1.93 bits per heavy atom. The molecule has 2 nitrogen and oxygen atoms in total. The van der Waals surface area contributed by atoms with Crippen molar-refractivity contribution in [3.8, 4) is 0 Å². The predicted molar refractivity (Wildman–Crippen MR) is 62.8 cm³/mol. The van der Waals surface area contributed by atoms with Crippen LogP contribution >= 0.6 is 0 Å². The molecule has 88 valence electrons. The van der Waals surface area contributed by atoms with Gasteiger partial charge in [0.2, 0.25) is 0 Å². The van der Waals surface area contributed by atoms with Gasteiger partial charge in [0.15, 0.2) is 0 Å². The Morgan fingerprint density at radius 3 is 2.67 bits per heavy atom. The van der Waals surface area contributed by atoms with Crippen LogP contribution in [0.15, 0.2) is 0 Å². The van der Waals surface area contributed by atoms with Crippen LogP contribution in [0, 0.1) is 11.8 Å². The number of aliphatic hydroxyl groups is 1. The fraction of sp³-hybridized carbons (Fsp3) is 1.00. The fourth-order valence-electron chi connectivity index (χ4n) is 3.23. The zero-order valence-corrected chi connectivity index (χ0v) is 10.2. The third-order valence-corrected chi connectivity index (χ3v) is 4.30. The second kappa shape index (κ2) is 4.84. The summed E-state index contributed by atoms with van der Waals surface area (Å²) in [6.45, 7) is 6.34. The van der Waals surface area contributed by atoms with E-state index in [-0.39, 0.29) is 6.10 Å². The molecule has 0 aromatic carbocycles. The minimum Gasteiger partial charge on any atom is -0.392 e. The normalized spacial score (nSPS) is 34.4. The maximum absolute atomic E-state index is 9.96. The SMILES string of the molecule is CC(C)C(O)CN1CCCC2CCCC21. The Bertz CT molecular complexity index is 205. The lowest BCUT2D eigenvalue weighted by molar-refractivity contribution is 0.0307. The summed E-state index contributed by atoms with van der Waals surface area (Å²) in [6, 6.07) is 0.798. The maximum atomic E-state index is 9.96. The summed E-state index contributed by atoms with van der Waals surface area (Å²) >= 11 is 0. The van der Waals surface area contributed by atoms with Gasteiger partial charge in [-0.2, -0.15) is 0 Å². The highest BCUT2D eigenvalue weighted by molar-refractivity contribution is 4.90. The smallest absolute Gasteiger partial charge is 0.0690 e. The van der Waals surface area contributed by atoms with Gasteiger partial charge < -0.3 is 5.11 Å². The van der Waals surface area contributed by atoms with Gasteiger partial charge in [-0.3, -0.25) is 4.90 Å². The first kappa shape index (κ1) is 11.4. The number of β-amino-alcohol motifs (C(OH)–C–C–N with tert-alkyl or cyclic N) is 1. The van der Waals surface area contributed by atoms with E-state index < -0.39 is 0 Å². The highest BCUT2D eigenvalue weighted by Crippen LogP contribution is 2.36. The monoisotopic (exact) mass is 211 g/mol. The van der Waals surface area contributed by atoms with Crippen molar-refractivity contribution >= 4 is 0 Å². The number of hydrogen-bond donors (Lipinski definition) is 1. The van der Waals surface area contributed by atoms with Crippen LogP contribution in [0.3, 0.4) is 0 Å². The number of hydrogen-bond acceptors (Lipinski definition) is 2. The van der Waals surface area contributed by atoms with Crippen LogP contribution in [0.5, 0.6) is 0 Å². The summed E-state index contributed by atoms with van der Waals surface area (Å²) in [4.78, 5) is 2.56. The second-order valence-corrected chi connectivity index (χ2v) is 5.71. The van der Waals surface area contributed by atoms with E-state index in [2.05, 4.69) is 18.7 Å². The molecule has 1 aliphatic heterocycles. The Morgan fingerprint density at radius 1 is 1.20 bits per heavy atom. The molecule has 0 amide bonds. The maximum Gasteiger partial charge on any atom is 0.0690 e. The minimum absolute atomic E-state index is 0.135. The van der Waals surface area contributed by atoms with Crippen molar-refractivity contribution < 1.29 is 5.11 Å². The molecule has 1 saturated heterocycles. The van der Waals surface area contributed by atoms with Crippen molar-refractivity contribution in [2.45, 2.75) is 58.1 Å². The van der Waals surface area contributed by atoms with Crippen LogP contribution < -0.4 is 0 Å². The van der Waals surface area contributed by atoms with E-state index in [1.807, 2.05) is 0 Å². The molecule has 1 saturated carbocycles. The van der Waals surface area contributed by atoms with Crippen LogP contribution in [-0.2, 0) is 0 Å². The van der Waals surface area contributed by atoms with E-state index in [0.717, 1.165) is 18.5 Å². The summed E-state index contributed by atoms with van der Waals surface area (Å²) in [7, 11) is 0. The van der Waals surface area contributed by atoms with E-state index >= 15 is 0 Å². The van der Waals surface area contributed by atoms with Gasteiger partial charge in [-0.1, -0.05) is 20.3 Å². The predicted octanol–water partition coefficient (Wildman–Crippen LogP) is 2.27. The molecular weight excluding hydrogens is 186 g/mol. The van der Waals surface area contributed by atoms with Gasteiger partial charge >= 0.3 is 0 Å². The zero-order valence-electron chi connectivity index (χ0n) is 10.2. The topological polar surface area (TPSA) is 23.5 Å². The van der Waals surface area contributed by atoms with Crippen molar-refractivity contribution in [3.63, 3.8) is 0 Å². The molecule has 2 fully saturated rings. The summed E-state index contributed by atoms with van der Waals surface area (Å²) in [5, 5.41) is 9.96. The molecular formula is C13H25NO. The van der Waals surface area contributed by atoms with E-state index in [1.54, 1.807) is 0 Å². The molecule has 0 aromatic rings. The Labute approximate surface area is 93.7 Å². The molecule has 1 aliphatic carbocycles. The van der Waals surface area contributed by atoms with Crippen molar-refractivity contribution in [3.05, 3.63) is 0 Å². The average Bonchev–Trinajstić information content (AvgIpc) is 2.66. The summed E-state index contributed by atoms with van der Waals surface area (Å²) < 4.78 is 0. The van der Waals surface area contributed by atoms with E-state index in [9.17, 15) is 5.11 Å². The van der Waals surface area contributed by atoms with Crippen LogP contribution in [0.25, 0.3) is 0 Å². The molecule has 2 heteroatoms. The molecule has 1 heterocycles. The number of piperidine rings is 1. The fourth-order valence-corrected chi connectivity index (χ4v) is 3.23. The number of likely N-dealkylation sites (tertiary alicyclic amines) is 1. The number of nitrogens with zero attached hydrogens (tertiary/aromatic N) is 1. The lowest BCUT2D eigenvalue weighted by atomic mass is 9.91. The van der Waals surface area contributed by atoms with Gasteiger partial charge in [0.1, 0.15) is 0 Å². The van der Waals surface area contributed by atoms with Crippen molar-refractivity contribution in [2.75, 3.05) is 13.1 Å². The minimum atomic E-state index is -0.135. The quantitative estimate of drug-likeness (QED) is 0.774. The second-order valence-electron chi connectivity index (χ2n) is 5.71.